The van der Waals surface area contributed by atoms with Gasteiger partial charge in [0.2, 0.25) is 0 Å². The van der Waals surface area contributed by atoms with E-state index in [1.807, 2.05) is 7.05 Å². The molecule has 2 atom stereocenters. The molecule has 1 heterocycles. The Morgan fingerprint density at radius 2 is 2.17 bits per heavy atom. The van der Waals surface area contributed by atoms with Crippen LogP contribution in [0.5, 0.6) is 0 Å². The van der Waals surface area contributed by atoms with Gasteiger partial charge in [-0.25, -0.2) is 0 Å². The second-order valence-corrected chi connectivity index (χ2v) is 7.12. The molecule has 0 aromatic carbocycles. The highest BCUT2D eigenvalue weighted by Gasteiger charge is 2.20. The van der Waals surface area contributed by atoms with Crippen LogP contribution in [0.3, 0.4) is 0 Å². The summed E-state index contributed by atoms with van der Waals surface area (Å²) in [4.78, 5) is 9.24. The SMILES string of the molecule is CN=C(NCCN(C)CCCOC)NCC(C)N1CCCC(C)C1. The first kappa shape index (κ1) is 21.2. The minimum absolute atomic E-state index is 0.544. The van der Waals surface area contributed by atoms with Crippen LogP contribution < -0.4 is 10.6 Å². The Morgan fingerprint density at radius 3 is 2.83 bits per heavy atom. The van der Waals surface area contributed by atoms with Crippen LogP contribution >= 0.6 is 0 Å². The number of nitrogens with one attached hydrogen (secondary N) is 2. The number of likely N-dealkylation sites (N-methyl/N-ethyl adjacent to an activating group) is 1. The fraction of sp³-hybridized carbons (Fsp3) is 0.944. The summed E-state index contributed by atoms with van der Waals surface area (Å²) in [7, 11) is 5.74. The molecule has 24 heavy (non-hydrogen) atoms. The maximum Gasteiger partial charge on any atom is 0.191 e. The van der Waals surface area contributed by atoms with Crippen molar-refractivity contribution < 1.29 is 4.74 Å². The van der Waals surface area contributed by atoms with Crippen LogP contribution in [0.4, 0.5) is 0 Å². The third-order valence-corrected chi connectivity index (χ3v) is 4.77. The molecule has 142 valence electrons. The van der Waals surface area contributed by atoms with Gasteiger partial charge in [-0.2, -0.15) is 0 Å². The average molecular weight is 342 g/mol. The predicted octanol–water partition coefficient (Wildman–Crippen LogP) is 1.24. The van der Waals surface area contributed by atoms with Crippen molar-refractivity contribution in [3.63, 3.8) is 0 Å². The Labute approximate surface area is 149 Å². The maximum absolute atomic E-state index is 5.09. The van der Waals surface area contributed by atoms with E-state index in [-0.39, 0.29) is 0 Å². The number of methoxy groups -OCH3 is 1. The second kappa shape index (κ2) is 12.5. The lowest BCUT2D eigenvalue weighted by Crippen LogP contribution is -2.49. The van der Waals surface area contributed by atoms with Gasteiger partial charge in [-0.15, -0.1) is 0 Å². The van der Waals surface area contributed by atoms with Gasteiger partial charge in [-0.05, 0) is 45.7 Å². The highest BCUT2D eigenvalue weighted by atomic mass is 16.5. The van der Waals surface area contributed by atoms with E-state index in [1.165, 1.54) is 25.9 Å². The molecule has 6 nitrogen and oxygen atoms in total. The molecule has 0 aromatic heterocycles. The van der Waals surface area contributed by atoms with Gasteiger partial charge in [0, 0.05) is 59.5 Å². The summed E-state index contributed by atoms with van der Waals surface area (Å²) < 4.78 is 5.09. The van der Waals surface area contributed by atoms with Gasteiger partial charge in [0.25, 0.3) is 0 Å². The van der Waals surface area contributed by atoms with Crippen LogP contribution in [-0.2, 0) is 4.74 Å². The van der Waals surface area contributed by atoms with Crippen LogP contribution in [0.25, 0.3) is 0 Å². The van der Waals surface area contributed by atoms with Gasteiger partial charge in [0.1, 0.15) is 0 Å². The molecular formula is C18H39N5O. The van der Waals surface area contributed by atoms with Crippen LogP contribution in [0.15, 0.2) is 4.99 Å². The van der Waals surface area contributed by atoms with Crippen LogP contribution in [0.1, 0.15) is 33.1 Å². The number of aliphatic imine (C=N–C) groups is 1. The first-order valence-corrected chi connectivity index (χ1v) is 9.42. The summed E-state index contributed by atoms with van der Waals surface area (Å²) >= 11 is 0. The minimum Gasteiger partial charge on any atom is -0.385 e. The number of ether oxygens (including phenoxy) is 1. The highest BCUT2D eigenvalue weighted by molar-refractivity contribution is 5.79. The van der Waals surface area contributed by atoms with Gasteiger partial charge < -0.3 is 20.3 Å². The smallest absolute Gasteiger partial charge is 0.191 e. The lowest BCUT2D eigenvalue weighted by molar-refractivity contribution is 0.139. The largest absolute Gasteiger partial charge is 0.385 e. The number of hydrogen-bond acceptors (Lipinski definition) is 4. The summed E-state index contributed by atoms with van der Waals surface area (Å²) in [6.07, 6.45) is 3.78. The predicted molar refractivity (Wildman–Crippen MR) is 103 cm³/mol. The van der Waals surface area contributed by atoms with Crippen molar-refractivity contribution in [1.82, 2.24) is 20.4 Å². The van der Waals surface area contributed by atoms with Gasteiger partial charge in [-0.1, -0.05) is 6.92 Å². The molecule has 1 saturated heterocycles. The Hall–Kier alpha value is -0.850. The molecule has 6 heteroatoms. The number of piperidine rings is 1. The van der Waals surface area contributed by atoms with Crippen molar-refractivity contribution in [3.8, 4) is 0 Å². The summed E-state index contributed by atoms with van der Waals surface area (Å²) in [5.74, 6) is 1.73. The summed E-state index contributed by atoms with van der Waals surface area (Å²) in [6, 6.07) is 0.544. The van der Waals surface area contributed by atoms with E-state index in [1.54, 1.807) is 7.11 Å². The zero-order valence-electron chi connectivity index (χ0n) is 16.5. The van der Waals surface area contributed by atoms with E-state index >= 15 is 0 Å². The van der Waals surface area contributed by atoms with E-state index in [0.717, 1.165) is 51.1 Å². The molecule has 1 aliphatic rings. The molecule has 2 unspecified atom stereocenters. The molecule has 1 fully saturated rings. The van der Waals surface area contributed by atoms with Crippen LogP contribution in [-0.4, -0.2) is 88.9 Å². The third-order valence-electron chi connectivity index (χ3n) is 4.77. The molecule has 1 aliphatic heterocycles. The van der Waals surface area contributed by atoms with Crippen LogP contribution in [0, 0.1) is 5.92 Å². The third kappa shape index (κ3) is 8.85. The quantitative estimate of drug-likeness (QED) is 0.356. The molecular weight excluding hydrogens is 302 g/mol. The van der Waals surface area contributed by atoms with Crippen LogP contribution in [0.2, 0.25) is 0 Å². The average Bonchev–Trinajstić information content (AvgIpc) is 2.57. The minimum atomic E-state index is 0.544. The van der Waals surface area contributed by atoms with Gasteiger partial charge >= 0.3 is 0 Å². The van der Waals surface area contributed by atoms with E-state index in [2.05, 4.69) is 46.3 Å². The molecule has 1 rings (SSSR count). The summed E-state index contributed by atoms with van der Waals surface area (Å²) in [5.41, 5.74) is 0. The molecule has 0 saturated carbocycles. The van der Waals surface area contributed by atoms with Crippen molar-refractivity contribution in [2.75, 3.05) is 67.1 Å². The first-order chi connectivity index (χ1) is 11.6. The van der Waals surface area contributed by atoms with Gasteiger partial charge in [-0.3, -0.25) is 9.89 Å². The Bertz CT molecular complexity index is 350. The number of hydrogen-bond donors (Lipinski definition) is 2. The van der Waals surface area contributed by atoms with Crippen molar-refractivity contribution in [3.05, 3.63) is 0 Å². The van der Waals surface area contributed by atoms with Crippen molar-refractivity contribution in [2.24, 2.45) is 10.9 Å². The van der Waals surface area contributed by atoms with Gasteiger partial charge in [0.15, 0.2) is 5.96 Å². The fourth-order valence-electron chi connectivity index (χ4n) is 3.18. The van der Waals surface area contributed by atoms with E-state index in [0.29, 0.717) is 6.04 Å². The Kier molecular flexibility index (Phi) is 11.0. The van der Waals surface area contributed by atoms with Crippen molar-refractivity contribution in [2.45, 2.75) is 39.2 Å². The standard InChI is InChI=1S/C18H39N5O/c1-16-8-6-11-23(15-16)17(2)14-21-18(19-3)20-9-12-22(4)10-7-13-24-5/h16-17H,6-15H2,1-5H3,(H2,19,20,21). The number of likely N-dealkylation sites (tertiary alicyclic amines) is 1. The maximum atomic E-state index is 5.09. The molecule has 0 radical (unpaired) electrons. The molecule has 0 bridgehead atoms. The zero-order chi connectivity index (χ0) is 17.8. The molecule has 0 aliphatic carbocycles. The lowest BCUT2D eigenvalue weighted by atomic mass is 9.99. The second-order valence-electron chi connectivity index (χ2n) is 7.12. The number of guanidine groups is 1. The van der Waals surface area contributed by atoms with Crippen molar-refractivity contribution in [1.29, 1.82) is 0 Å². The lowest BCUT2D eigenvalue weighted by Gasteiger charge is -2.35. The number of nitrogens with zero attached hydrogens (tertiary/aromatic N) is 3. The zero-order valence-corrected chi connectivity index (χ0v) is 16.5. The number of rotatable bonds is 10. The van der Waals surface area contributed by atoms with Gasteiger partial charge in [0.05, 0.1) is 0 Å². The Balaban J connectivity index is 2.18. The van der Waals surface area contributed by atoms with E-state index < -0.39 is 0 Å². The summed E-state index contributed by atoms with van der Waals surface area (Å²) in [6.45, 7) is 11.8. The topological polar surface area (TPSA) is 52.1 Å². The van der Waals surface area contributed by atoms with E-state index in [4.69, 9.17) is 4.74 Å². The fourth-order valence-corrected chi connectivity index (χ4v) is 3.18. The highest BCUT2D eigenvalue weighted by Crippen LogP contribution is 2.17. The molecule has 2 N–H and O–H groups in total. The normalized spacial score (nSPS) is 21.1. The van der Waals surface area contributed by atoms with E-state index in [9.17, 15) is 0 Å². The molecule has 0 spiro atoms. The monoisotopic (exact) mass is 341 g/mol. The first-order valence-electron chi connectivity index (χ1n) is 9.42. The summed E-state index contributed by atoms with van der Waals surface area (Å²) in [5, 5.41) is 6.87. The molecule has 0 aromatic rings. The Morgan fingerprint density at radius 1 is 1.38 bits per heavy atom. The van der Waals surface area contributed by atoms with Crippen molar-refractivity contribution >= 4 is 5.96 Å². The molecule has 0 amide bonds.